The third-order valence-electron chi connectivity index (χ3n) is 0.806. The fraction of sp³-hybridized carbons (Fsp3) is 1.00. The Kier molecular flexibility index (Phi) is 7.00. The van der Waals surface area contributed by atoms with Gasteiger partial charge in [0, 0.05) is 6.61 Å². The van der Waals surface area contributed by atoms with Crippen LogP contribution in [0.3, 0.4) is 0 Å². The molecule has 0 aromatic rings. The van der Waals surface area contributed by atoms with Gasteiger partial charge in [0.1, 0.15) is 0 Å². The molecule has 0 fully saturated rings. The van der Waals surface area contributed by atoms with E-state index < -0.39 is 10.1 Å². The van der Waals surface area contributed by atoms with Gasteiger partial charge in [-0.3, -0.25) is 4.18 Å². The summed E-state index contributed by atoms with van der Waals surface area (Å²) >= 11 is 0. The molecule has 0 spiro atoms. The van der Waals surface area contributed by atoms with Crippen molar-refractivity contribution >= 4 is 10.1 Å². The first-order chi connectivity index (χ1) is 4.12. The Morgan fingerprint density at radius 3 is 2.30 bits per heavy atom. The Bertz CT molecular complexity index is 153. The van der Waals surface area contributed by atoms with Gasteiger partial charge in [-0.25, -0.2) is 0 Å². The molecule has 0 saturated carbocycles. The molecule has 0 saturated heterocycles. The molecule has 64 valence electrons. The highest BCUT2D eigenvalue weighted by molar-refractivity contribution is 7.86. The maximum Gasteiger partial charge on any atom is 0.267 e. The van der Waals surface area contributed by atoms with Gasteiger partial charge in [0.25, 0.3) is 10.1 Å². The van der Waals surface area contributed by atoms with E-state index in [1.165, 1.54) is 0 Å². The van der Waals surface area contributed by atoms with Crippen LogP contribution in [0.25, 0.3) is 0 Å². The fourth-order valence-electron chi connectivity index (χ4n) is 0.325. The molecule has 0 radical (unpaired) electrons. The summed E-state index contributed by atoms with van der Waals surface area (Å²) in [4.78, 5) is 0. The molecular formula is C4H13NO4S. The van der Waals surface area contributed by atoms with E-state index in [0.29, 0.717) is 0 Å². The van der Waals surface area contributed by atoms with Crippen LogP contribution < -0.4 is 6.15 Å². The van der Waals surface area contributed by atoms with Crippen molar-refractivity contribution < 1.29 is 17.7 Å². The molecule has 0 aliphatic rings. The smallest absolute Gasteiger partial charge is 0.267 e. The van der Waals surface area contributed by atoms with Crippen LogP contribution in [0, 0.1) is 0 Å². The molecule has 0 amide bonds. The van der Waals surface area contributed by atoms with Crippen LogP contribution in [0.2, 0.25) is 0 Å². The minimum atomic E-state index is -3.34. The van der Waals surface area contributed by atoms with Crippen molar-refractivity contribution in [3.63, 3.8) is 0 Å². The van der Waals surface area contributed by atoms with E-state index >= 15 is 0 Å². The van der Waals surface area contributed by atoms with Gasteiger partial charge in [-0.05, 0) is 6.42 Å². The van der Waals surface area contributed by atoms with Crippen LogP contribution in [0.1, 0.15) is 6.42 Å². The molecule has 0 aliphatic heterocycles. The van der Waals surface area contributed by atoms with E-state index in [1.807, 2.05) is 0 Å². The van der Waals surface area contributed by atoms with Crippen molar-refractivity contribution in [1.29, 1.82) is 0 Å². The van der Waals surface area contributed by atoms with Crippen LogP contribution in [0.5, 0.6) is 0 Å². The molecule has 0 unspecified atom stereocenters. The lowest BCUT2D eigenvalue weighted by Gasteiger charge is -1.96. The zero-order chi connectivity index (χ0) is 7.33. The molecule has 0 aliphatic carbocycles. The second kappa shape index (κ2) is 5.60. The van der Waals surface area contributed by atoms with Crippen LogP contribution in [-0.4, -0.2) is 33.0 Å². The minimum Gasteiger partial charge on any atom is -0.396 e. The predicted molar refractivity (Wildman–Crippen MR) is 37.5 cm³/mol. The lowest BCUT2D eigenvalue weighted by atomic mass is 10.5. The highest BCUT2D eigenvalue weighted by Gasteiger charge is 2.05. The van der Waals surface area contributed by atoms with Gasteiger partial charge in [-0.2, -0.15) is 8.42 Å². The number of rotatable bonds is 4. The van der Waals surface area contributed by atoms with Gasteiger partial charge in [0.15, 0.2) is 0 Å². The third-order valence-corrected chi connectivity index (χ3v) is 2.10. The summed E-state index contributed by atoms with van der Waals surface area (Å²) in [6, 6.07) is 0. The van der Waals surface area contributed by atoms with Gasteiger partial charge < -0.3 is 11.3 Å². The van der Waals surface area contributed by atoms with Crippen LogP contribution in [0.15, 0.2) is 0 Å². The molecule has 6 heteroatoms. The number of aliphatic hydroxyl groups excluding tert-OH is 1. The summed E-state index contributed by atoms with van der Waals surface area (Å²) < 4.78 is 25.0. The number of hydrogen-bond acceptors (Lipinski definition) is 5. The second-order valence-electron chi connectivity index (χ2n) is 1.51. The first-order valence-electron chi connectivity index (χ1n) is 2.51. The van der Waals surface area contributed by atoms with Crippen LogP contribution in [-0.2, 0) is 14.3 Å². The van der Waals surface area contributed by atoms with Crippen molar-refractivity contribution in [3.8, 4) is 0 Å². The van der Waals surface area contributed by atoms with Gasteiger partial charge >= 0.3 is 0 Å². The van der Waals surface area contributed by atoms with E-state index in [0.717, 1.165) is 7.11 Å². The summed E-state index contributed by atoms with van der Waals surface area (Å²) in [5.74, 6) is -0.111. The molecular weight excluding hydrogens is 158 g/mol. The normalized spacial score (nSPS) is 10.6. The zero-order valence-electron chi connectivity index (χ0n) is 5.91. The molecule has 0 rings (SSSR count). The average Bonchev–Trinajstić information content (AvgIpc) is 1.84. The Hall–Kier alpha value is -0.170. The molecule has 0 aromatic carbocycles. The molecule has 0 aromatic heterocycles. The SMILES string of the molecule is COS(=O)(=O)CCCO.N. The van der Waals surface area contributed by atoms with E-state index in [4.69, 9.17) is 5.11 Å². The second-order valence-corrected chi connectivity index (χ2v) is 3.36. The maximum absolute atomic E-state index is 10.4. The molecule has 0 heterocycles. The van der Waals surface area contributed by atoms with Crippen molar-refractivity contribution in [2.75, 3.05) is 19.5 Å². The van der Waals surface area contributed by atoms with Crippen molar-refractivity contribution in [1.82, 2.24) is 6.15 Å². The first-order valence-corrected chi connectivity index (χ1v) is 4.09. The lowest BCUT2D eigenvalue weighted by molar-refractivity contribution is 0.292. The number of hydrogen-bond donors (Lipinski definition) is 2. The van der Waals surface area contributed by atoms with Gasteiger partial charge in [-0.1, -0.05) is 0 Å². The van der Waals surface area contributed by atoms with Gasteiger partial charge in [0.2, 0.25) is 0 Å². The van der Waals surface area contributed by atoms with Gasteiger partial charge in [-0.15, -0.1) is 0 Å². The quantitative estimate of drug-likeness (QED) is 0.556. The van der Waals surface area contributed by atoms with E-state index in [2.05, 4.69) is 4.18 Å². The van der Waals surface area contributed by atoms with Crippen molar-refractivity contribution in [2.24, 2.45) is 0 Å². The van der Waals surface area contributed by atoms with Crippen molar-refractivity contribution in [2.45, 2.75) is 6.42 Å². The predicted octanol–water partition coefficient (Wildman–Crippen LogP) is -0.493. The largest absolute Gasteiger partial charge is 0.396 e. The fourth-order valence-corrected chi connectivity index (χ4v) is 0.974. The number of aliphatic hydroxyl groups is 1. The van der Waals surface area contributed by atoms with E-state index in [-0.39, 0.29) is 24.9 Å². The monoisotopic (exact) mass is 171 g/mol. The van der Waals surface area contributed by atoms with Crippen LogP contribution in [0.4, 0.5) is 0 Å². The van der Waals surface area contributed by atoms with Crippen LogP contribution >= 0.6 is 0 Å². The highest BCUT2D eigenvalue weighted by atomic mass is 32.2. The summed E-state index contributed by atoms with van der Waals surface area (Å²) in [5.41, 5.74) is 0. The Balaban J connectivity index is 0. The summed E-state index contributed by atoms with van der Waals surface area (Å²) in [5, 5.41) is 8.21. The zero-order valence-corrected chi connectivity index (χ0v) is 6.73. The lowest BCUT2D eigenvalue weighted by Crippen LogP contribution is -2.08. The Morgan fingerprint density at radius 2 is 2.00 bits per heavy atom. The van der Waals surface area contributed by atoms with E-state index in [9.17, 15) is 8.42 Å². The molecule has 4 N–H and O–H groups in total. The highest BCUT2D eigenvalue weighted by Crippen LogP contribution is 1.91. The average molecular weight is 171 g/mol. The summed E-state index contributed by atoms with van der Waals surface area (Å²) in [6.07, 6.45) is 0.232. The Labute approximate surface area is 60.7 Å². The topological polar surface area (TPSA) is 98.6 Å². The Morgan fingerprint density at radius 1 is 1.50 bits per heavy atom. The van der Waals surface area contributed by atoms with E-state index in [1.54, 1.807) is 0 Å². The third kappa shape index (κ3) is 5.96. The summed E-state index contributed by atoms with van der Waals surface area (Å²) in [6.45, 7) is -0.122. The molecule has 5 nitrogen and oxygen atoms in total. The first kappa shape index (κ1) is 12.5. The van der Waals surface area contributed by atoms with Crippen molar-refractivity contribution in [3.05, 3.63) is 0 Å². The summed E-state index contributed by atoms with van der Waals surface area (Å²) in [7, 11) is -2.24. The molecule has 0 atom stereocenters. The van der Waals surface area contributed by atoms with Gasteiger partial charge in [0.05, 0.1) is 12.9 Å². The standard InChI is InChI=1S/C4H10O4S.H3N/c1-8-9(6,7)4-2-3-5;/h5H,2-4H2,1H3;1H3. The maximum atomic E-state index is 10.4. The molecule has 0 bridgehead atoms. The minimum absolute atomic E-state index is 0. The molecule has 10 heavy (non-hydrogen) atoms.